The van der Waals surface area contributed by atoms with Gasteiger partial charge in [-0.15, -0.1) is 11.3 Å². The van der Waals surface area contributed by atoms with Crippen LogP contribution in [0.4, 0.5) is 0 Å². The standard InChI is InChI=1S/C21H27N5OS/c1-15-22-11-19(28-15)21-20(16-6-5-7-18(10-16)27-4)23-14-26(21)13-17-12-24(2)8-9-25(17)3/h5-7,10-11,14,17H,8-9,12-13H2,1-4H3. The number of aryl methyl sites for hydroxylation is 1. The summed E-state index contributed by atoms with van der Waals surface area (Å²) in [6.45, 7) is 6.22. The van der Waals surface area contributed by atoms with Gasteiger partial charge in [0, 0.05) is 44.0 Å². The van der Waals surface area contributed by atoms with Crippen LogP contribution in [0.15, 0.2) is 36.8 Å². The topological polar surface area (TPSA) is 46.4 Å². The first-order chi connectivity index (χ1) is 13.5. The molecule has 1 aliphatic heterocycles. The highest BCUT2D eigenvalue weighted by molar-refractivity contribution is 7.15. The van der Waals surface area contributed by atoms with Crippen LogP contribution < -0.4 is 4.74 Å². The molecular weight excluding hydrogens is 370 g/mol. The van der Waals surface area contributed by atoms with Crippen molar-refractivity contribution in [3.63, 3.8) is 0 Å². The number of hydrogen-bond acceptors (Lipinski definition) is 6. The van der Waals surface area contributed by atoms with E-state index in [2.05, 4.69) is 39.5 Å². The average molecular weight is 398 g/mol. The first-order valence-electron chi connectivity index (χ1n) is 9.56. The summed E-state index contributed by atoms with van der Waals surface area (Å²) in [6.07, 6.45) is 3.94. The Hall–Kier alpha value is -2.22. The maximum absolute atomic E-state index is 5.42. The van der Waals surface area contributed by atoms with Crippen LogP contribution >= 0.6 is 11.3 Å². The Bertz CT molecular complexity index is 950. The largest absolute Gasteiger partial charge is 0.497 e. The van der Waals surface area contributed by atoms with E-state index in [1.165, 1.54) is 0 Å². The molecule has 3 heterocycles. The van der Waals surface area contributed by atoms with Crippen LogP contribution in [0.25, 0.3) is 21.8 Å². The van der Waals surface area contributed by atoms with Crippen molar-refractivity contribution in [2.75, 3.05) is 40.8 Å². The Morgan fingerprint density at radius 3 is 2.82 bits per heavy atom. The Balaban J connectivity index is 1.75. The Kier molecular flexibility index (Phi) is 5.48. The van der Waals surface area contributed by atoms with E-state index < -0.39 is 0 Å². The van der Waals surface area contributed by atoms with E-state index in [9.17, 15) is 0 Å². The van der Waals surface area contributed by atoms with Gasteiger partial charge in [-0.1, -0.05) is 12.1 Å². The van der Waals surface area contributed by atoms with Gasteiger partial charge in [-0.25, -0.2) is 9.97 Å². The lowest BCUT2D eigenvalue weighted by molar-refractivity contribution is 0.103. The van der Waals surface area contributed by atoms with E-state index in [1.807, 2.05) is 37.6 Å². The van der Waals surface area contributed by atoms with Crippen molar-refractivity contribution in [2.45, 2.75) is 19.5 Å². The summed E-state index contributed by atoms with van der Waals surface area (Å²) >= 11 is 1.71. The third-order valence-corrected chi connectivity index (χ3v) is 6.34. The molecule has 6 nitrogen and oxygen atoms in total. The van der Waals surface area contributed by atoms with E-state index in [0.717, 1.165) is 58.8 Å². The first kappa shape index (κ1) is 19.1. The molecule has 0 amide bonds. The summed E-state index contributed by atoms with van der Waals surface area (Å²) in [5.41, 5.74) is 3.18. The lowest BCUT2D eigenvalue weighted by Crippen LogP contribution is -2.51. The maximum atomic E-state index is 5.42. The number of aromatic nitrogens is 3. The van der Waals surface area contributed by atoms with Crippen LogP contribution in [-0.4, -0.2) is 71.2 Å². The molecule has 0 saturated carbocycles. The second-order valence-corrected chi connectivity index (χ2v) is 8.70. The molecule has 0 aliphatic carbocycles. The molecule has 28 heavy (non-hydrogen) atoms. The molecule has 0 spiro atoms. The minimum Gasteiger partial charge on any atom is -0.497 e. The molecule has 148 valence electrons. The van der Waals surface area contributed by atoms with E-state index in [1.54, 1.807) is 18.4 Å². The van der Waals surface area contributed by atoms with Gasteiger partial charge in [-0.05, 0) is 33.2 Å². The van der Waals surface area contributed by atoms with Crippen LogP contribution in [0, 0.1) is 6.92 Å². The monoisotopic (exact) mass is 397 g/mol. The number of likely N-dealkylation sites (N-methyl/N-ethyl adjacent to an activating group) is 2. The van der Waals surface area contributed by atoms with Gasteiger partial charge in [-0.3, -0.25) is 4.90 Å². The Morgan fingerprint density at radius 1 is 1.21 bits per heavy atom. The van der Waals surface area contributed by atoms with Crippen LogP contribution in [0.2, 0.25) is 0 Å². The average Bonchev–Trinajstić information content (AvgIpc) is 3.30. The van der Waals surface area contributed by atoms with E-state index in [0.29, 0.717) is 6.04 Å². The molecule has 1 saturated heterocycles. The summed E-state index contributed by atoms with van der Waals surface area (Å²) < 4.78 is 7.72. The van der Waals surface area contributed by atoms with Crippen molar-refractivity contribution in [3.8, 4) is 27.6 Å². The first-order valence-corrected chi connectivity index (χ1v) is 10.4. The predicted octanol–water partition coefficient (Wildman–Crippen LogP) is 3.24. The van der Waals surface area contributed by atoms with Crippen molar-refractivity contribution in [1.29, 1.82) is 0 Å². The van der Waals surface area contributed by atoms with Gasteiger partial charge in [0.25, 0.3) is 0 Å². The maximum Gasteiger partial charge on any atom is 0.119 e. The molecule has 1 unspecified atom stereocenters. The zero-order valence-electron chi connectivity index (χ0n) is 16.9. The summed E-state index contributed by atoms with van der Waals surface area (Å²) in [7, 11) is 6.11. The number of hydrogen-bond donors (Lipinski definition) is 0. The SMILES string of the molecule is COc1cccc(-c2ncn(CC3CN(C)CCN3C)c2-c2cnc(C)s2)c1. The van der Waals surface area contributed by atoms with Crippen molar-refractivity contribution < 1.29 is 4.74 Å². The third-order valence-electron chi connectivity index (χ3n) is 5.42. The van der Waals surface area contributed by atoms with Gasteiger partial charge in [0.05, 0.1) is 34.7 Å². The van der Waals surface area contributed by atoms with Crippen molar-refractivity contribution in [1.82, 2.24) is 24.3 Å². The normalized spacial score (nSPS) is 18.5. The van der Waals surface area contributed by atoms with Gasteiger partial charge in [0.15, 0.2) is 0 Å². The number of nitrogens with zero attached hydrogens (tertiary/aromatic N) is 5. The van der Waals surface area contributed by atoms with Gasteiger partial charge >= 0.3 is 0 Å². The molecule has 0 bridgehead atoms. The smallest absolute Gasteiger partial charge is 0.119 e. The highest BCUT2D eigenvalue weighted by Crippen LogP contribution is 2.36. The minimum atomic E-state index is 0.457. The molecule has 4 rings (SSSR count). The molecule has 7 heteroatoms. The second-order valence-electron chi connectivity index (χ2n) is 7.47. The molecule has 0 N–H and O–H groups in total. The number of benzene rings is 1. The van der Waals surface area contributed by atoms with Gasteiger partial charge < -0.3 is 14.2 Å². The molecule has 1 aromatic carbocycles. The van der Waals surface area contributed by atoms with Crippen molar-refractivity contribution in [2.24, 2.45) is 0 Å². The van der Waals surface area contributed by atoms with Crippen LogP contribution in [0.3, 0.4) is 0 Å². The minimum absolute atomic E-state index is 0.457. The Morgan fingerprint density at radius 2 is 2.07 bits per heavy atom. The van der Waals surface area contributed by atoms with Crippen LogP contribution in [0.5, 0.6) is 5.75 Å². The third kappa shape index (κ3) is 3.83. The summed E-state index contributed by atoms with van der Waals surface area (Å²) in [5.74, 6) is 0.840. The summed E-state index contributed by atoms with van der Waals surface area (Å²) in [5, 5.41) is 1.06. The van der Waals surface area contributed by atoms with Gasteiger partial charge in [-0.2, -0.15) is 0 Å². The lowest BCUT2D eigenvalue weighted by Gasteiger charge is -2.38. The number of imidazole rings is 1. The van der Waals surface area contributed by atoms with Crippen molar-refractivity contribution in [3.05, 3.63) is 41.8 Å². The highest BCUT2D eigenvalue weighted by Gasteiger charge is 2.25. The van der Waals surface area contributed by atoms with Crippen molar-refractivity contribution >= 4 is 11.3 Å². The predicted molar refractivity (Wildman–Crippen MR) is 114 cm³/mol. The second kappa shape index (κ2) is 8.03. The summed E-state index contributed by atoms with van der Waals surface area (Å²) in [4.78, 5) is 15.3. The number of ether oxygens (including phenoxy) is 1. The quantitative estimate of drug-likeness (QED) is 0.661. The number of thiazole rings is 1. The summed E-state index contributed by atoms with van der Waals surface area (Å²) in [6, 6.07) is 8.57. The zero-order valence-corrected chi connectivity index (χ0v) is 17.7. The fourth-order valence-electron chi connectivity index (χ4n) is 3.76. The molecule has 2 aromatic heterocycles. The number of methoxy groups -OCH3 is 1. The molecule has 3 aromatic rings. The van der Waals surface area contributed by atoms with E-state index >= 15 is 0 Å². The lowest BCUT2D eigenvalue weighted by atomic mass is 10.1. The Labute approximate surface area is 170 Å². The highest BCUT2D eigenvalue weighted by atomic mass is 32.1. The molecule has 1 aliphatic rings. The molecular formula is C21H27N5OS. The van der Waals surface area contributed by atoms with Gasteiger partial charge in [0.2, 0.25) is 0 Å². The number of piperazine rings is 1. The fourth-order valence-corrected chi connectivity index (χ4v) is 4.60. The zero-order chi connectivity index (χ0) is 19.7. The van der Waals surface area contributed by atoms with Crippen LogP contribution in [0.1, 0.15) is 5.01 Å². The molecule has 1 atom stereocenters. The molecule has 1 fully saturated rings. The molecule has 0 radical (unpaired) electrons. The van der Waals surface area contributed by atoms with E-state index in [-0.39, 0.29) is 0 Å². The fraction of sp³-hybridized carbons (Fsp3) is 0.429. The van der Waals surface area contributed by atoms with Crippen LogP contribution in [-0.2, 0) is 6.54 Å². The van der Waals surface area contributed by atoms with E-state index in [4.69, 9.17) is 9.72 Å². The van der Waals surface area contributed by atoms with Gasteiger partial charge in [0.1, 0.15) is 5.75 Å². The number of rotatable bonds is 5.